The summed E-state index contributed by atoms with van der Waals surface area (Å²) in [7, 11) is -3.69. The van der Waals surface area contributed by atoms with Gasteiger partial charge in [-0.05, 0) is 26.0 Å². The first kappa shape index (κ1) is 12.8. The third-order valence-electron chi connectivity index (χ3n) is 2.37. The average molecular weight is 287 g/mol. The number of pyridine rings is 1. The van der Waals surface area contributed by atoms with E-state index in [0.29, 0.717) is 17.1 Å². The number of nitrogens with one attached hydrogen (secondary N) is 2. The predicted molar refractivity (Wildman–Crippen MR) is 68.1 cm³/mol. The molecule has 0 saturated carbocycles. The molecule has 18 heavy (non-hydrogen) atoms. The van der Waals surface area contributed by atoms with Gasteiger partial charge in [-0.25, -0.2) is 13.4 Å². The number of rotatable bonds is 3. The van der Waals surface area contributed by atoms with Crippen LogP contribution in [0, 0.1) is 13.8 Å². The molecule has 0 aromatic carbocycles. The van der Waals surface area contributed by atoms with Crippen LogP contribution in [0.25, 0.3) is 0 Å². The molecule has 0 fully saturated rings. The van der Waals surface area contributed by atoms with Gasteiger partial charge in [0.25, 0.3) is 10.0 Å². The highest BCUT2D eigenvalue weighted by molar-refractivity contribution is 7.92. The molecular weight excluding hydrogens is 276 g/mol. The zero-order valence-corrected chi connectivity index (χ0v) is 11.3. The molecule has 2 aromatic heterocycles. The van der Waals surface area contributed by atoms with Crippen LogP contribution in [-0.4, -0.2) is 23.6 Å². The van der Waals surface area contributed by atoms with Crippen LogP contribution >= 0.6 is 11.6 Å². The number of hydrogen-bond donors (Lipinski definition) is 2. The van der Waals surface area contributed by atoms with Gasteiger partial charge < -0.3 is 0 Å². The van der Waals surface area contributed by atoms with E-state index in [9.17, 15) is 8.42 Å². The van der Waals surface area contributed by atoms with Crippen LogP contribution in [0.2, 0.25) is 5.15 Å². The molecule has 0 spiro atoms. The van der Waals surface area contributed by atoms with Crippen LogP contribution in [0.15, 0.2) is 23.2 Å². The first-order chi connectivity index (χ1) is 8.40. The highest BCUT2D eigenvalue weighted by Gasteiger charge is 2.18. The number of aryl methyl sites for hydroxylation is 2. The third-order valence-corrected chi connectivity index (χ3v) is 3.93. The minimum absolute atomic E-state index is 0.0579. The molecule has 2 rings (SSSR count). The Labute approximate surface area is 109 Å². The van der Waals surface area contributed by atoms with E-state index in [-0.39, 0.29) is 10.0 Å². The fourth-order valence-corrected chi connectivity index (χ4v) is 2.88. The Morgan fingerprint density at radius 1 is 1.39 bits per heavy atom. The number of aromatic nitrogens is 3. The van der Waals surface area contributed by atoms with Gasteiger partial charge in [0.1, 0.15) is 5.15 Å². The first-order valence-electron chi connectivity index (χ1n) is 5.06. The maximum absolute atomic E-state index is 12.1. The summed E-state index contributed by atoms with van der Waals surface area (Å²) < 4.78 is 26.7. The molecule has 0 saturated heterocycles. The molecule has 2 heterocycles. The predicted octanol–water partition coefficient (Wildman–Crippen LogP) is 1.88. The van der Waals surface area contributed by atoms with Crippen LogP contribution < -0.4 is 4.72 Å². The number of nitrogens with zero attached hydrogens (tertiary/aromatic N) is 2. The Balaban J connectivity index is 2.39. The Kier molecular flexibility index (Phi) is 3.27. The van der Waals surface area contributed by atoms with Crippen molar-refractivity contribution >= 4 is 27.3 Å². The second-order valence-electron chi connectivity index (χ2n) is 3.73. The van der Waals surface area contributed by atoms with E-state index in [2.05, 4.69) is 19.9 Å². The molecule has 2 N–H and O–H groups in total. The number of anilines is 1. The lowest BCUT2D eigenvalue weighted by Gasteiger charge is -2.07. The summed E-state index contributed by atoms with van der Waals surface area (Å²) in [6, 6.07) is 2.66. The fraction of sp³-hybridized carbons (Fsp3) is 0.200. The van der Waals surface area contributed by atoms with Crippen LogP contribution in [0.3, 0.4) is 0 Å². The maximum Gasteiger partial charge on any atom is 0.262 e. The van der Waals surface area contributed by atoms with Gasteiger partial charge in [-0.15, -0.1) is 0 Å². The average Bonchev–Trinajstić information content (AvgIpc) is 2.60. The van der Waals surface area contributed by atoms with E-state index in [1.165, 1.54) is 18.3 Å². The monoisotopic (exact) mass is 286 g/mol. The van der Waals surface area contributed by atoms with Crippen molar-refractivity contribution in [2.75, 3.05) is 4.72 Å². The highest BCUT2D eigenvalue weighted by Crippen LogP contribution is 2.21. The van der Waals surface area contributed by atoms with Crippen LogP contribution in [0.5, 0.6) is 0 Å². The van der Waals surface area contributed by atoms with Crippen molar-refractivity contribution in [3.05, 3.63) is 34.9 Å². The van der Waals surface area contributed by atoms with Gasteiger partial charge in [-0.3, -0.25) is 9.82 Å². The van der Waals surface area contributed by atoms with Gasteiger partial charge >= 0.3 is 0 Å². The fourth-order valence-electron chi connectivity index (χ4n) is 1.45. The lowest BCUT2D eigenvalue weighted by Crippen LogP contribution is -2.14. The molecule has 0 aliphatic rings. The summed E-state index contributed by atoms with van der Waals surface area (Å²) >= 11 is 5.67. The molecule has 0 amide bonds. The lowest BCUT2D eigenvalue weighted by molar-refractivity contribution is 0.601. The van der Waals surface area contributed by atoms with Gasteiger partial charge in [0, 0.05) is 6.20 Å². The number of halogens is 1. The topological polar surface area (TPSA) is 87.7 Å². The molecule has 0 atom stereocenters. The summed E-state index contributed by atoms with van der Waals surface area (Å²) in [4.78, 5) is 3.80. The SMILES string of the molecule is Cc1n[nH]c(C)c1NS(=O)(=O)c1ccnc(Cl)c1. The summed E-state index contributed by atoms with van der Waals surface area (Å²) in [6.45, 7) is 3.44. The lowest BCUT2D eigenvalue weighted by atomic mass is 10.3. The Morgan fingerprint density at radius 3 is 2.67 bits per heavy atom. The van der Waals surface area contributed by atoms with E-state index in [1.54, 1.807) is 13.8 Å². The van der Waals surface area contributed by atoms with Crippen LogP contribution in [0.1, 0.15) is 11.4 Å². The minimum atomic E-state index is -3.69. The molecule has 2 aromatic rings. The minimum Gasteiger partial charge on any atom is -0.280 e. The molecule has 96 valence electrons. The Bertz CT molecular complexity index is 661. The maximum atomic E-state index is 12.1. The zero-order valence-electron chi connectivity index (χ0n) is 9.73. The van der Waals surface area contributed by atoms with Crippen molar-refractivity contribution in [1.29, 1.82) is 0 Å². The molecule has 8 heteroatoms. The summed E-state index contributed by atoms with van der Waals surface area (Å²) in [6.07, 6.45) is 1.34. The van der Waals surface area contributed by atoms with Gasteiger partial charge in [-0.2, -0.15) is 5.10 Å². The zero-order chi connectivity index (χ0) is 13.3. The quantitative estimate of drug-likeness (QED) is 0.843. The Hall–Kier alpha value is -1.60. The number of aromatic amines is 1. The van der Waals surface area contributed by atoms with E-state index < -0.39 is 10.0 Å². The number of H-pyrrole nitrogens is 1. The molecular formula is C10H11ClN4O2S. The first-order valence-corrected chi connectivity index (χ1v) is 6.92. The molecule has 0 aliphatic carbocycles. The normalized spacial score (nSPS) is 11.5. The van der Waals surface area contributed by atoms with Crippen molar-refractivity contribution in [1.82, 2.24) is 15.2 Å². The summed E-state index contributed by atoms with van der Waals surface area (Å²) in [5.41, 5.74) is 1.68. The molecule has 0 radical (unpaired) electrons. The van der Waals surface area contributed by atoms with Crippen molar-refractivity contribution in [3.63, 3.8) is 0 Å². The number of hydrogen-bond acceptors (Lipinski definition) is 4. The van der Waals surface area contributed by atoms with Crippen molar-refractivity contribution < 1.29 is 8.42 Å². The van der Waals surface area contributed by atoms with Crippen molar-refractivity contribution in [3.8, 4) is 0 Å². The third kappa shape index (κ3) is 2.46. The van der Waals surface area contributed by atoms with Crippen LogP contribution in [-0.2, 0) is 10.0 Å². The second-order valence-corrected chi connectivity index (χ2v) is 5.80. The van der Waals surface area contributed by atoms with Crippen molar-refractivity contribution in [2.24, 2.45) is 0 Å². The molecule has 6 nitrogen and oxygen atoms in total. The van der Waals surface area contributed by atoms with E-state index in [0.717, 1.165) is 0 Å². The van der Waals surface area contributed by atoms with Gasteiger partial charge in [0.2, 0.25) is 0 Å². The van der Waals surface area contributed by atoms with E-state index in [1.807, 2.05) is 0 Å². The van der Waals surface area contributed by atoms with E-state index in [4.69, 9.17) is 11.6 Å². The van der Waals surface area contributed by atoms with Gasteiger partial charge in [0.15, 0.2) is 0 Å². The van der Waals surface area contributed by atoms with Gasteiger partial charge in [0.05, 0.1) is 22.0 Å². The smallest absolute Gasteiger partial charge is 0.262 e. The molecule has 0 unspecified atom stereocenters. The van der Waals surface area contributed by atoms with Crippen LogP contribution in [0.4, 0.5) is 5.69 Å². The number of sulfonamides is 1. The molecule has 0 aliphatic heterocycles. The van der Waals surface area contributed by atoms with Gasteiger partial charge in [-0.1, -0.05) is 11.6 Å². The van der Waals surface area contributed by atoms with Crippen molar-refractivity contribution in [2.45, 2.75) is 18.7 Å². The standard InChI is InChI=1S/C10H11ClN4O2S/c1-6-10(7(2)14-13-6)15-18(16,17)8-3-4-12-9(11)5-8/h3-5,15H,1-2H3,(H,13,14). The van der Waals surface area contributed by atoms with E-state index >= 15 is 0 Å². The largest absolute Gasteiger partial charge is 0.280 e. The Morgan fingerprint density at radius 2 is 2.11 bits per heavy atom. The summed E-state index contributed by atoms with van der Waals surface area (Å²) in [5.74, 6) is 0. The molecule has 0 bridgehead atoms. The second kappa shape index (κ2) is 4.58. The highest BCUT2D eigenvalue weighted by atomic mass is 35.5. The summed E-state index contributed by atoms with van der Waals surface area (Å²) in [5, 5.41) is 6.75.